The molecule has 2 fully saturated rings. The molecule has 2 unspecified atom stereocenters. The Hall–Kier alpha value is -2.40. The van der Waals surface area contributed by atoms with Crippen LogP contribution in [0.3, 0.4) is 0 Å². The van der Waals surface area contributed by atoms with Crippen LogP contribution in [-0.2, 0) is 0 Å². The van der Waals surface area contributed by atoms with E-state index in [1.54, 1.807) is 6.20 Å². The maximum absolute atomic E-state index is 12.5. The average molecular weight is 341 g/mol. The minimum absolute atomic E-state index is 0. The van der Waals surface area contributed by atoms with Gasteiger partial charge in [0.1, 0.15) is 0 Å². The molecular weight excluding hydrogens is 314 g/mol. The number of fused-ring (bicyclic) bond motifs is 2. The Labute approximate surface area is 150 Å². The fourth-order valence-corrected chi connectivity index (χ4v) is 3.82. The van der Waals surface area contributed by atoms with Gasteiger partial charge in [0.2, 0.25) is 0 Å². The molecule has 0 aliphatic carbocycles. The van der Waals surface area contributed by atoms with Crippen LogP contribution < -0.4 is 5.32 Å². The first-order valence-corrected chi connectivity index (χ1v) is 8.78. The van der Waals surface area contributed by atoms with Gasteiger partial charge in [0, 0.05) is 38.1 Å². The molecule has 2 bridgehead atoms. The lowest BCUT2D eigenvalue weighted by molar-refractivity contribution is 0.0173. The fourth-order valence-electron chi connectivity index (χ4n) is 3.82. The highest BCUT2D eigenvalue weighted by atomic mass is 16.2. The van der Waals surface area contributed by atoms with Crippen molar-refractivity contribution >= 4 is 11.7 Å². The van der Waals surface area contributed by atoms with Crippen LogP contribution in [-0.4, -0.2) is 40.2 Å². The van der Waals surface area contributed by atoms with E-state index in [2.05, 4.69) is 17.2 Å². The molecule has 2 aromatic rings. The predicted molar refractivity (Wildman–Crippen MR) is 102 cm³/mol. The van der Waals surface area contributed by atoms with Crippen molar-refractivity contribution < 1.29 is 11.3 Å². The van der Waals surface area contributed by atoms with Gasteiger partial charge in [-0.15, -0.1) is 0 Å². The topological polar surface area (TPSA) is 65.5 Å². The number of carbonyl (C=O) groups is 1. The average Bonchev–Trinajstić information content (AvgIpc) is 2.66. The first-order chi connectivity index (χ1) is 12.2. The lowest BCUT2D eigenvalue weighted by Gasteiger charge is -2.52. The number of nitrogens with zero attached hydrogens (tertiary/aromatic N) is 2. The van der Waals surface area contributed by atoms with Crippen LogP contribution in [0.5, 0.6) is 0 Å². The molecule has 0 spiro atoms. The van der Waals surface area contributed by atoms with E-state index >= 15 is 0 Å². The molecule has 5 heteroatoms. The van der Waals surface area contributed by atoms with Gasteiger partial charge in [0.15, 0.2) is 0 Å². The van der Waals surface area contributed by atoms with E-state index in [1.165, 1.54) is 12.8 Å². The molecule has 0 radical (unpaired) electrons. The van der Waals surface area contributed by atoms with Crippen LogP contribution in [0.2, 0.25) is 0 Å². The predicted octanol–water partition coefficient (Wildman–Crippen LogP) is 4.07. The summed E-state index contributed by atoms with van der Waals surface area (Å²) in [5.74, 6) is 0. The molecule has 134 valence electrons. The summed E-state index contributed by atoms with van der Waals surface area (Å²) in [6.07, 6.45) is 6.53. The van der Waals surface area contributed by atoms with Crippen LogP contribution in [0, 0.1) is 6.92 Å². The van der Waals surface area contributed by atoms with E-state index in [0.29, 0.717) is 12.1 Å². The SMILES string of the molecule is CO.Cc1ccc(NC(=O)N2C3CCCC2C3)cc1-c1ccccn1.[HH]. The number of aliphatic hydroxyl groups is 1. The maximum Gasteiger partial charge on any atom is 0.322 e. The molecule has 2 amide bonds. The molecule has 3 heterocycles. The number of pyridine rings is 1. The summed E-state index contributed by atoms with van der Waals surface area (Å²) in [5.41, 5.74) is 3.99. The van der Waals surface area contributed by atoms with Crippen LogP contribution in [0.25, 0.3) is 11.3 Å². The van der Waals surface area contributed by atoms with Crippen molar-refractivity contribution in [2.24, 2.45) is 0 Å². The Morgan fingerprint density at radius 1 is 1.24 bits per heavy atom. The minimum atomic E-state index is 0. The largest absolute Gasteiger partial charge is 0.400 e. The summed E-state index contributed by atoms with van der Waals surface area (Å²) in [5, 5.41) is 10.1. The molecule has 4 rings (SSSR count). The molecule has 1 aromatic heterocycles. The molecule has 2 aliphatic heterocycles. The molecule has 1 aromatic carbocycles. The van der Waals surface area contributed by atoms with E-state index in [-0.39, 0.29) is 7.46 Å². The third-order valence-corrected chi connectivity index (χ3v) is 5.07. The molecule has 25 heavy (non-hydrogen) atoms. The van der Waals surface area contributed by atoms with Crippen molar-refractivity contribution in [1.29, 1.82) is 0 Å². The van der Waals surface area contributed by atoms with Crippen molar-refractivity contribution in [1.82, 2.24) is 9.88 Å². The zero-order chi connectivity index (χ0) is 17.8. The standard InChI is InChI=1S/C19H21N3O.CH4O.H2/c1-13-8-9-14(11-17(13)18-7-2-3-10-20-18)21-19(23)22-15-5-4-6-16(22)12-15;1-2;/h2-3,7-11,15-16H,4-6,12H2,1H3,(H,21,23);2H,1H3;1H. The molecule has 0 saturated carbocycles. The van der Waals surface area contributed by atoms with Gasteiger partial charge >= 0.3 is 6.03 Å². The number of carbonyl (C=O) groups excluding carboxylic acids is 1. The molecule has 2 saturated heterocycles. The number of aromatic nitrogens is 1. The van der Waals surface area contributed by atoms with E-state index in [1.807, 2.05) is 41.3 Å². The van der Waals surface area contributed by atoms with E-state index < -0.39 is 0 Å². The summed E-state index contributed by atoms with van der Waals surface area (Å²) in [6, 6.07) is 12.9. The number of benzene rings is 1. The van der Waals surface area contributed by atoms with Gasteiger partial charge in [-0.05, 0) is 62.4 Å². The van der Waals surface area contributed by atoms with Crippen molar-refractivity contribution in [2.45, 2.75) is 44.7 Å². The van der Waals surface area contributed by atoms with Gasteiger partial charge in [0.05, 0.1) is 5.69 Å². The smallest absolute Gasteiger partial charge is 0.322 e. The zero-order valence-corrected chi connectivity index (χ0v) is 14.8. The van der Waals surface area contributed by atoms with Crippen molar-refractivity contribution in [3.63, 3.8) is 0 Å². The van der Waals surface area contributed by atoms with Crippen molar-refractivity contribution in [3.05, 3.63) is 48.2 Å². The van der Waals surface area contributed by atoms with Crippen molar-refractivity contribution in [2.75, 3.05) is 12.4 Å². The molecule has 2 N–H and O–H groups in total. The summed E-state index contributed by atoms with van der Waals surface area (Å²) in [6.45, 7) is 2.06. The Morgan fingerprint density at radius 2 is 2.00 bits per heavy atom. The number of hydrogen-bond donors (Lipinski definition) is 2. The highest BCUT2D eigenvalue weighted by Crippen LogP contribution is 2.38. The highest BCUT2D eigenvalue weighted by Gasteiger charge is 2.44. The second-order valence-corrected chi connectivity index (χ2v) is 6.56. The van der Waals surface area contributed by atoms with Crippen molar-refractivity contribution in [3.8, 4) is 11.3 Å². The van der Waals surface area contributed by atoms with E-state index in [0.717, 1.165) is 42.5 Å². The number of hydrogen-bond acceptors (Lipinski definition) is 3. The lowest BCUT2D eigenvalue weighted by atomic mass is 9.80. The summed E-state index contributed by atoms with van der Waals surface area (Å²) in [4.78, 5) is 19.0. The first-order valence-electron chi connectivity index (χ1n) is 8.78. The number of amides is 2. The molecule has 5 nitrogen and oxygen atoms in total. The van der Waals surface area contributed by atoms with Crippen LogP contribution >= 0.6 is 0 Å². The van der Waals surface area contributed by atoms with E-state index in [4.69, 9.17) is 5.11 Å². The van der Waals surface area contributed by atoms with Crippen LogP contribution in [0.1, 0.15) is 32.7 Å². The van der Waals surface area contributed by atoms with Gasteiger partial charge in [-0.2, -0.15) is 0 Å². The Balaban J connectivity index is 0.000000784. The van der Waals surface area contributed by atoms with Crippen LogP contribution in [0.15, 0.2) is 42.6 Å². The number of urea groups is 1. The molecular formula is C20H27N3O2. The Bertz CT molecular complexity index is 725. The van der Waals surface area contributed by atoms with Gasteiger partial charge in [-0.25, -0.2) is 4.79 Å². The second kappa shape index (κ2) is 7.66. The maximum atomic E-state index is 12.5. The van der Waals surface area contributed by atoms with Crippen LogP contribution in [0.4, 0.5) is 10.5 Å². The number of rotatable bonds is 2. The molecule has 2 aliphatic rings. The Morgan fingerprint density at radius 3 is 2.64 bits per heavy atom. The summed E-state index contributed by atoms with van der Waals surface area (Å²) >= 11 is 0. The minimum Gasteiger partial charge on any atom is -0.400 e. The first kappa shape index (κ1) is 17.4. The second-order valence-electron chi connectivity index (χ2n) is 6.56. The monoisotopic (exact) mass is 341 g/mol. The van der Waals surface area contributed by atoms with Gasteiger partial charge in [-0.1, -0.05) is 12.1 Å². The van der Waals surface area contributed by atoms with Gasteiger partial charge in [-0.3, -0.25) is 4.98 Å². The lowest BCUT2D eigenvalue weighted by Crippen LogP contribution is -2.62. The highest BCUT2D eigenvalue weighted by molar-refractivity contribution is 5.91. The summed E-state index contributed by atoms with van der Waals surface area (Å²) < 4.78 is 0. The number of aryl methyl sites for hydroxylation is 1. The third kappa shape index (κ3) is 3.51. The Kier molecular flexibility index (Phi) is 5.34. The number of anilines is 1. The number of aliphatic hydroxyl groups excluding tert-OH is 1. The van der Waals surface area contributed by atoms with Gasteiger partial charge in [0.25, 0.3) is 0 Å². The zero-order valence-electron chi connectivity index (χ0n) is 14.8. The van der Waals surface area contributed by atoms with E-state index in [9.17, 15) is 4.79 Å². The fraction of sp³-hybridized carbons (Fsp3) is 0.400. The number of nitrogens with one attached hydrogen (secondary N) is 1. The molecule has 2 atom stereocenters. The van der Waals surface area contributed by atoms with Gasteiger partial charge < -0.3 is 15.3 Å². The quantitative estimate of drug-likeness (QED) is 0.865. The summed E-state index contributed by atoms with van der Waals surface area (Å²) in [7, 11) is 1.00. The third-order valence-electron chi connectivity index (χ3n) is 5.07. The normalized spacial score (nSPS) is 20.8. The number of piperidine rings is 1.